The van der Waals surface area contributed by atoms with Gasteiger partial charge in [0.1, 0.15) is 6.10 Å². The van der Waals surface area contributed by atoms with E-state index in [4.69, 9.17) is 16.9 Å². The third-order valence-electron chi connectivity index (χ3n) is 3.24. The minimum absolute atomic E-state index is 0.0167. The maximum atomic E-state index is 11.7. The van der Waals surface area contributed by atoms with Crippen LogP contribution >= 0.6 is 0 Å². The highest BCUT2D eigenvalue weighted by atomic mass is 16.5. The van der Waals surface area contributed by atoms with Gasteiger partial charge in [0.15, 0.2) is 17.4 Å². The second-order valence-corrected chi connectivity index (χ2v) is 4.64. The van der Waals surface area contributed by atoms with Crippen molar-refractivity contribution >= 4 is 17.1 Å². The van der Waals surface area contributed by atoms with Crippen molar-refractivity contribution in [2.45, 2.75) is 31.3 Å². The molecule has 0 spiro atoms. The Balaban J connectivity index is 2.03. The van der Waals surface area contributed by atoms with E-state index in [1.807, 2.05) is 0 Å². The van der Waals surface area contributed by atoms with Gasteiger partial charge in [-0.1, -0.05) is 0 Å². The van der Waals surface area contributed by atoms with Gasteiger partial charge in [-0.15, -0.1) is 12.3 Å². The summed E-state index contributed by atoms with van der Waals surface area (Å²) in [5, 5.41) is 10.1. The molecular weight excluding hydrogens is 262 g/mol. The molecule has 3 atom stereocenters. The van der Waals surface area contributed by atoms with E-state index in [-0.39, 0.29) is 23.2 Å². The summed E-state index contributed by atoms with van der Waals surface area (Å²) in [6.45, 7) is 0. The fourth-order valence-corrected chi connectivity index (χ4v) is 2.37. The van der Waals surface area contributed by atoms with Crippen LogP contribution in [0.5, 0.6) is 0 Å². The minimum atomic E-state index is -0.743. The van der Waals surface area contributed by atoms with E-state index in [9.17, 15) is 9.90 Å². The summed E-state index contributed by atoms with van der Waals surface area (Å²) in [5.74, 6) is 2.48. The smallest absolute Gasteiger partial charge is 0.280 e. The predicted octanol–water partition coefficient (Wildman–Crippen LogP) is -0.627. The number of nitrogen functional groups attached to an aromatic ring is 1. The lowest BCUT2D eigenvalue weighted by atomic mass is 10.1. The Morgan fingerprint density at radius 1 is 1.70 bits per heavy atom. The number of aliphatic hydroxyl groups is 1. The van der Waals surface area contributed by atoms with Gasteiger partial charge in [-0.3, -0.25) is 14.3 Å². The maximum absolute atomic E-state index is 11.7. The van der Waals surface area contributed by atoms with Gasteiger partial charge in [0, 0.05) is 12.8 Å². The molecule has 104 valence electrons. The van der Waals surface area contributed by atoms with Crippen LogP contribution in [0.15, 0.2) is 11.1 Å². The molecule has 1 saturated heterocycles. The molecule has 1 aliphatic rings. The summed E-state index contributed by atoms with van der Waals surface area (Å²) < 4.78 is 7.19. The lowest BCUT2D eigenvalue weighted by Gasteiger charge is -2.16. The molecule has 2 aromatic rings. The average Bonchev–Trinajstić information content (AvgIpc) is 2.93. The lowest BCUT2D eigenvalue weighted by molar-refractivity contribution is -0.0332. The summed E-state index contributed by atoms with van der Waals surface area (Å²) in [4.78, 5) is 22.1. The summed E-state index contributed by atoms with van der Waals surface area (Å²) in [6.07, 6.45) is 5.84. The van der Waals surface area contributed by atoms with Crippen LogP contribution in [0.1, 0.15) is 19.1 Å². The molecule has 2 aromatic heterocycles. The molecule has 0 radical (unpaired) electrons. The first-order chi connectivity index (χ1) is 9.60. The van der Waals surface area contributed by atoms with Crippen LogP contribution in [-0.4, -0.2) is 36.8 Å². The molecule has 1 aliphatic heterocycles. The topological polar surface area (TPSA) is 119 Å². The highest BCUT2D eigenvalue weighted by molar-refractivity contribution is 5.70. The second kappa shape index (κ2) is 4.63. The summed E-state index contributed by atoms with van der Waals surface area (Å²) in [6, 6.07) is 0. The van der Waals surface area contributed by atoms with E-state index >= 15 is 0 Å². The first-order valence-corrected chi connectivity index (χ1v) is 6.09. The van der Waals surface area contributed by atoms with Gasteiger partial charge in [-0.25, -0.2) is 4.98 Å². The molecule has 0 aliphatic carbocycles. The summed E-state index contributed by atoms with van der Waals surface area (Å²) in [5.41, 5.74) is 5.52. The number of aromatic nitrogens is 4. The van der Waals surface area contributed by atoms with Crippen LogP contribution in [0.3, 0.4) is 0 Å². The van der Waals surface area contributed by atoms with Crippen LogP contribution in [-0.2, 0) is 4.74 Å². The normalized spacial score (nSPS) is 25.9. The molecule has 4 N–H and O–H groups in total. The fourth-order valence-electron chi connectivity index (χ4n) is 2.37. The van der Waals surface area contributed by atoms with Crippen LogP contribution < -0.4 is 11.3 Å². The molecule has 3 rings (SSSR count). The standard InChI is InChI=1S/C12H13N5O3/c1-2-3-6-4-7(18)11(20-6)17-5-14-8-9(17)15-12(13)16-10(8)19/h1,5-7,11,18H,3-4H2,(H3,13,15,16,19)/t6-,7-,11-/m1/s1. The number of rotatable bonds is 2. The van der Waals surface area contributed by atoms with Crippen molar-refractivity contribution in [3.8, 4) is 12.3 Å². The maximum Gasteiger partial charge on any atom is 0.280 e. The van der Waals surface area contributed by atoms with E-state index in [1.165, 1.54) is 10.9 Å². The van der Waals surface area contributed by atoms with E-state index in [0.717, 1.165) is 0 Å². The van der Waals surface area contributed by atoms with E-state index in [0.29, 0.717) is 12.8 Å². The molecule has 0 amide bonds. The fraction of sp³-hybridized carbons (Fsp3) is 0.417. The second-order valence-electron chi connectivity index (χ2n) is 4.64. The number of hydrogen-bond acceptors (Lipinski definition) is 6. The molecular formula is C12H13N5O3. The number of nitrogens with one attached hydrogen (secondary N) is 1. The number of H-pyrrole nitrogens is 1. The van der Waals surface area contributed by atoms with Crippen LogP contribution in [0.25, 0.3) is 11.2 Å². The summed E-state index contributed by atoms with van der Waals surface area (Å²) >= 11 is 0. The van der Waals surface area contributed by atoms with Gasteiger partial charge in [-0.2, -0.15) is 4.98 Å². The van der Waals surface area contributed by atoms with Gasteiger partial charge in [-0.05, 0) is 0 Å². The van der Waals surface area contributed by atoms with Crippen molar-refractivity contribution in [2.24, 2.45) is 0 Å². The number of nitrogens with two attached hydrogens (primary N) is 1. The monoisotopic (exact) mass is 275 g/mol. The number of terminal acetylenes is 1. The van der Waals surface area contributed by atoms with Gasteiger partial charge < -0.3 is 15.6 Å². The third-order valence-corrected chi connectivity index (χ3v) is 3.24. The van der Waals surface area contributed by atoms with Gasteiger partial charge in [0.2, 0.25) is 5.95 Å². The number of hydrogen-bond donors (Lipinski definition) is 3. The van der Waals surface area contributed by atoms with Crippen molar-refractivity contribution in [1.29, 1.82) is 0 Å². The Labute approximate surface area is 113 Å². The number of ether oxygens (including phenoxy) is 1. The van der Waals surface area contributed by atoms with Crippen molar-refractivity contribution in [3.05, 3.63) is 16.7 Å². The number of imidazole rings is 1. The highest BCUT2D eigenvalue weighted by Crippen LogP contribution is 2.31. The van der Waals surface area contributed by atoms with Crippen molar-refractivity contribution in [2.75, 3.05) is 5.73 Å². The van der Waals surface area contributed by atoms with Crippen molar-refractivity contribution < 1.29 is 9.84 Å². The largest absolute Gasteiger partial charge is 0.388 e. The van der Waals surface area contributed by atoms with Crippen molar-refractivity contribution in [3.63, 3.8) is 0 Å². The van der Waals surface area contributed by atoms with Crippen molar-refractivity contribution in [1.82, 2.24) is 19.5 Å². The summed E-state index contributed by atoms with van der Waals surface area (Å²) in [7, 11) is 0. The van der Waals surface area contributed by atoms with Crippen LogP contribution in [0.2, 0.25) is 0 Å². The Kier molecular flexibility index (Phi) is 2.93. The predicted molar refractivity (Wildman–Crippen MR) is 70.5 cm³/mol. The van der Waals surface area contributed by atoms with E-state index in [1.54, 1.807) is 0 Å². The molecule has 3 heterocycles. The van der Waals surface area contributed by atoms with Crippen LogP contribution in [0, 0.1) is 12.3 Å². The zero-order valence-electron chi connectivity index (χ0n) is 10.5. The minimum Gasteiger partial charge on any atom is -0.388 e. The van der Waals surface area contributed by atoms with Gasteiger partial charge >= 0.3 is 0 Å². The Morgan fingerprint density at radius 2 is 2.50 bits per heavy atom. The number of fused-ring (bicyclic) bond motifs is 1. The first kappa shape index (κ1) is 12.7. The SMILES string of the molecule is C#CC[C@@H]1C[C@@H](O)[C@H](n2cnc3c(=O)[nH]c(N)nc32)O1. The molecule has 8 heteroatoms. The molecule has 0 aromatic carbocycles. The number of aliphatic hydroxyl groups excluding tert-OH is 1. The molecule has 8 nitrogen and oxygen atoms in total. The third kappa shape index (κ3) is 1.93. The van der Waals surface area contributed by atoms with Gasteiger partial charge in [0.05, 0.1) is 12.4 Å². The zero-order chi connectivity index (χ0) is 14.3. The van der Waals surface area contributed by atoms with Gasteiger partial charge in [0.25, 0.3) is 5.56 Å². The van der Waals surface area contributed by atoms with Crippen LogP contribution in [0.4, 0.5) is 5.95 Å². The quantitative estimate of drug-likeness (QED) is 0.628. The highest BCUT2D eigenvalue weighted by Gasteiger charge is 2.35. The Bertz CT molecular complexity index is 744. The lowest BCUT2D eigenvalue weighted by Crippen LogP contribution is -2.20. The Morgan fingerprint density at radius 3 is 3.25 bits per heavy atom. The molecule has 0 unspecified atom stereocenters. The Hall–Kier alpha value is -2.37. The molecule has 20 heavy (non-hydrogen) atoms. The van der Waals surface area contributed by atoms with E-state index < -0.39 is 17.9 Å². The molecule has 0 saturated carbocycles. The van der Waals surface area contributed by atoms with E-state index in [2.05, 4.69) is 20.9 Å². The number of aromatic amines is 1. The first-order valence-electron chi connectivity index (χ1n) is 6.09. The number of nitrogens with zero attached hydrogens (tertiary/aromatic N) is 3. The molecule has 1 fully saturated rings. The molecule has 0 bridgehead atoms. The zero-order valence-corrected chi connectivity index (χ0v) is 10.5. The number of anilines is 1. The average molecular weight is 275 g/mol.